The highest BCUT2D eigenvalue weighted by Gasteiger charge is 2.33. The van der Waals surface area contributed by atoms with Gasteiger partial charge < -0.3 is 4.90 Å². The second kappa shape index (κ2) is 5.68. The van der Waals surface area contributed by atoms with Crippen molar-refractivity contribution < 1.29 is 4.79 Å². The molecule has 0 aliphatic carbocycles. The molecule has 1 amide bonds. The van der Waals surface area contributed by atoms with Crippen molar-refractivity contribution >= 4 is 5.91 Å². The molecule has 0 aliphatic rings. The quantitative estimate of drug-likeness (QED) is 0.817. The summed E-state index contributed by atoms with van der Waals surface area (Å²) in [6.45, 7) is 5.72. The molecule has 0 heterocycles. The van der Waals surface area contributed by atoms with Gasteiger partial charge in [-0.25, -0.2) is 0 Å². The first-order valence-electron chi connectivity index (χ1n) is 6.11. The van der Waals surface area contributed by atoms with Gasteiger partial charge >= 0.3 is 0 Å². The number of hydrogen-bond donors (Lipinski definition) is 0. The minimum Gasteiger partial charge on any atom is -0.341 e. The topological polar surface area (TPSA) is 44.1 Å². The van der Waals surface area contributed by atoms with E-state index in [1.165, 1.54) is 0 Å². The van der Waals surface area contributed by atoms with Crippen LogP contribution >= 0.6 is 0 Å². The Labute approximate surface area is 109 Å². The summed E-state index contributed by atoms with van der Waals surface area (Å²) in [4.78, 5) is 14.2. The maximum absolute atomic E-state index is 12.5. The number of nitriles is 1. The summed E-state index contributed by atoms with van der Waals surface area (Å²) in [5.74, 6) is 0.0384. The molecule has 1 rings (SSSR count). The van der Waals surface area contributed by atoms with Crippen LogP contribution in [0.25, 0.3) is 0 Å². The van der Waals surface area contributed by atoms with Crippen LogP contribution in [0, 0.1) is 11.3 Å². The van der Waals surface area contributed by atoms with Crippen molar-refractivity contribution in [2.45, 2.75) is 38.6 Å². The van der Waals surface area contributed by atoms with E-state index in [2.05, 4.69) is 6.07 Å². The van der Waals surface area contributed by atoms with E-state index < -0.39 is 5.41 Å². The number of nitrogens with zero attached hydrogens (tertiary/aromatic N) is 2. The third-order valence-corrected chi connectivity index (χ3v) is 3.40. The van der Waals surface area contributed by atoms with Crippen molar-refractivity contribution in [3.05, 3.63) is 35.9 Å². The lowest BCUT2D eigenvalue weighted by atomic mass is 9.83. The van der Waals surface area contributed by atoms with Gasteiger partial charge in [-0.15, -0.1) is 0 Å². The molecule has 1 atom stereocenters. The molecule has 96 valence electrons. The van der Waals surface area contributed by atoms with Crippen molar-refractivity contribution in [1.29, 1.82) is 5.26 Å². The average molecular weight is 244 g/mol. The lowest BCUT2D eigenvalue weighted by Crippen LogP contribution is -2.45. The van der Waals surface area contributed by atoms with Crippen LogP contribution in [0.2, 0.25) is 0 Å². The molecule has 0 N–H and O–H groups in total. The summed E-state index contributed by atoms with van der Waals surface area (Å²) < 4.78 is 0. The summed E-state index contributed by atoms with van der Waals surface area (Å²) in [5.41, 5.74) is 0.422. The Morgan fingerprint density at radius 3 is 2.44 bits per heavy atom. The fraction of sp³-hybridized carbons (Fsp3) is 0.467. The zero-order valence-corrected chi connectivity index (χ0v) is 11.5. The van der Waals surface area contributed by atoms with Gasteiger partial charge in [0, 0.05) is 13.1 Å². The number of carbonyl (C=O) groups excluding carboxylic acids is 1. The molecule has 3 heteroatoms. The highest BCUT2D eigenvalue weighted by Crippen LogP contribution is 2.26. The van der Waals surface area contributed by atoms with E-state index in [1.54, 1.807) is 11.9 Å². The van der Waals surface area contributed by atoms with Crippen molar-refractivity contribution in [2.24, 2.45) is 0 Å². The largest absolute Gasteiger partial charge is 0.341 e. The van der Waals surface area contributed by atoms with E-state index in [-0.39, 0.29) is 11.9 Å². The van der Waals surface area contributed by atoms with E-state index in [1.807, 2.05) is 51.1 Å². The Hall–Kier alpha value is -1.82. The number of likely N-dealkylation sites (N-methyl/N-ethyl adjacent to an activating group) is 1. The summed E-state index contributed by atoms with van der Waals surface area (Å²) in [6, 6.07) is 11.8. The number of benzene rings is 1. The number of carbonyl (C=O) groups is 1. The van der Waals surface area contributed by atoms with Gasteiger partial charge in [0.15, 0.2) is 0 Å². The first-order chi connectivity index (χ1) is 8.41. The van der Waals surface area contributed by atoms with Gasteiger partial charge in [-0.2, -0.15) is 5.26 Å². The van der Waals surface area contributed by atoms with Crippen LogP contribution in [-0.4, -0.2) is 23.9 Å². The normalized spacial score (nSPS) is 12.6. The summed E-state index contributed by atoms with van der Waals surface area (Å²) in [5, 5.41) is 8.70. The Kier molecular flexibility index (Phi) is 4.49. The minimum absolute atomic E-state index is 0.0384. The molecule has 3 nitrogen and oxygen atoms in total. The lowest BCUT2D eigenvalue weighted by Gasteiger charge is -2.32. The van der Waals surface area contributed by atoms with Gasteiger partial charge in [-0.05, 0) is 26.3 Å². The zero-order chi connectivity index (χ0) is 13.8. The van der Waals surface area contributed by atoms with Crippen molar-refractivity contribution in [3.8, 4) is 6.07 Å². The standard InChI is InChI=1S/C15H20N2O/c1-12(10-11-16)17(4)14(18)15(2,3)13-8-6-5-7-9-13/h5-9,12H,10H2,1-4H3. The second-order valence-corrected chi connectivity index (χ2v) is 5.12. The highest BCUT2D eigenvalue weighted by atomic mass is 16.2. The molecule has 1 aromatic rings. The molecule has 1 aromatic carbocycles. The molecule has 0 spiro atoms. The average Bonchev–Trinajstić information content (AvgIpc) is 2.38. The monoisotopic (exact) mass is 244 g/mol. The summed E-state index contributed by atoms with van der Waals surface area (Å²) >= 11 is 0. The molecule has 0 radical (unpaired) electrons. The van der Waals surface area contributed by atoms with Gasteiger partial charge in [0.25, 0.3) is 0 Å². The summed E-state index contributed by atoms with van der Waals surface area (Å²) in [7, 11) is 1.76. The van der Waals surface area contributed by atoms with E-state index in [4.69, 9.17) is 5.26 Å². The van der Waals surface area contributed by atoms with Crippen LogP contribution in [0.15, 0.2) is 30.3 Å². The van der Waals surface area contributed by atoms with Crippen molar-refractivity contribution in [2.75, 3.05) is 7.05 Å². The van der Waals surface area contributed by atoms with Crippen LogP contribution in [0.1, 0.15) is 32.8 Å². The van der Waals surface area contributed by atoms with Crippen LogP contribution in [-0.2, 0) is 10.2 Å². The molecule has 0 bridgehead atoms. The zero-order valence-electron chi connectivity index (χ0n) is 11.5. The van der Waals surface area contributed by atoms with Crippen molar-refractivity contribution in [1.82, 2.24) is 4.90 Å². The molecule has 0 fully saturated rings. The molecule has 18 heavy (non-hydrogen) atoms. The van der Waals surface area contributed by atoms with Crippen molar-refractivity contribution in [3.63, 3.8) is 0 Å². The SMILES string of the molecule is CC(CC#N)N(C)C(=O)C(C)(C)c1ccccc1. The predicted octanol–water partition coefficient (Wildman–Crippen LogP) is 2.72. The lowest BCUT2D eigenvalue weighted by molar-refractivity contribution is -0.136. The van der Waals surface area contributed by atoms with Crippen LogP contribution in [0.3, 0.4) is 0 Å². The van der Waals surface area contributed by atoms with Crippen LogP contribution in [0.5, 0.6) is 0 Å². The highest BCUT2D eigenvalue weighted by molar-refractivity contribution is 5.87. The van der Waals surface area contributed by atoms with E-state index in [9.17, 15) is 4.79 Å². The molecular weight excluding hydrogens is 224 g/mol. The number of amides is 1. The Balaban J connectivity index is 2.93. The van der Waals surface area contributed by atoms with E-state index >= 15 is 0 Å². The molecule has 0 saturated heterocycles. The first-order valence-corrected chi connectivity index (χ1v) is 6.11. The van der Waals surface area contributed by atoms with Gasteiger partial charge in [-0.3, -0.25) is 4.79 Å². The maximum atomic E-state index is 12.5. The third kappa shape index (κ3) is 2.89. The minimum atomic E-state index is -0.570. The van der Waals surface area contributed by atoms with Crippen LogP contribution in [0.4, 0.5) is 0 Å². The second-order valence-electron chi connectivity index (χ2n) is 5.12. The Morgan fingerprint density at radius 1 is 1.39 bits per heavy atom. The van der Waals surface area contributed by atoms with Gasteiger partial charge in [-0.1, -0.05) is 30.3 Å². The Bertz CT molecular complexity index is 445. The smallest absolute Gasteiger partial charge is 0.232 e. The van der Waals surface area contributed by atoms with Gasteiger partial charge in [0.2, 0.25) is 5.91 Å². The maximum Gasteiger partial charge on any atom is 0.232 e. The fourth-order valence-corrected chi connectivity index (χ4v) is 1.89. The van der Waals surface area contributed by atoms with Crippen LogP contribution < -0.4 is 0 Å². The predicted molar refractivity (Wildman–Crippen MR) is 71.9 cm³/mol. The van der Waals surface area contributed by atoms with Gasteiger partial charge in [0.05, 0.1) is 17.9 Å². The molecule has 0 aliphatic heterocycles. The van der Waals surface area contributed by atoms with Gasteiger partial charge in [0.1, 0.15) is 0 Å². The first kappa shape index (κ1) is 14.2. The molecule has 0 aromatic heterocycles. The molecular formula is C15H20N2O. The number of hydrogen-bond acceptors (Lipinski definition) is 2. The van der Waals surface area contributed by atoms with E-state index in [0.717, 1.165) is 5.56 Å². The molecule has 1 unspecified atom stereocenters. The number of rotatable bonds is 4. The fourth-order valence-electron chi connectivity index (χ4n) is 1.89. The Morgan fingerprint density at radius 2 is 1.94 bits per heavy atom. The third-order valence-electron chi connectivity index (χ3n) is 3.40. The van der Waals surface area contributed by atoms with E-state index in [0.29, 0.717) is 6.42 Å². The summed E-state index contributed by atoms with van der Waals surface area (Å²) in [6.07, 6.45) is 0.354. The molecule has 0 saturated carbocycles.